The second-order valence-corrected chi connectivity index (χ2v) is 4.08. The summed E-state index contributed by atoms with van der Waals surface area (Å²) in [5.41, 5.74) is 7.89. The van der Waals surface area contributed by atoms with Crippen LogP contribution in [-0.2, 0) is 6.61 Å². The maximum absolute atomic E-state index is 13.0. The van der Waals surface area contributed by atoms with Crippen molar-refractivity contribution in [3.63, 3.8) is 0 Å². The van der Waals surface area contributed by atoms with Crippen LogP contribution in [0.4, 0.5) is 14.5 Å². The van der Waals surface area contributed by atoms with Crippen molar-refractivity contribution in [2.75, 3.05) is 5.73 Å². The topological polar surface area (TPSA) is 35.2 Å². The van der Waals surface area contributed by atoms with E-state index in [4.69, 9.17) is 10.5 Å². The summed E-state index contributed by atoms with van der Waals surface area (Å²) in [7, 11) is 0. The van der Waals surface area contributed by atoms with Gasteiger partial charge in [-0.25, -0.2) is 8.78 Å². The van der Waals surface area contributed by atoms with E-state index >= 15 is 0 Å². The highest BCUT2D eigenvalue weighted by Gasteiger charge is 2.04. The van der Waals surface area contributed by atoms with Gasteiger partial charge in [0.25, 0.3) is 0 Å². The van der Waals surface area contributed by atoms with Gasteiger partial charge in [-0.05, 0) is 42.3 Å². The monoisotopic (exact) mass is 249 g/mol. The van der Waals surface area contributed by atoms with Crippen LogP contribution in [0, 0.1) is 18.6 Å². The highest BCUT2D eigenvalue weighted by Crippen LogP contribution is 2.23. The Balaban J connectivity index is 2.09. The van der Waals surface area contributed by atoms with Crippen LogP contribution >= 0.6 is 0 Å². The molecule has 4 heteroatoms. The third kappa shape index (κ3) is 2.77. The molecule has 2 aromatic carbocycles. The van der Waals surface area contributed by atoms with Gasteiger partial charge < -0.3 is 10.5 Å². The average molecular weight is 249 g/mol. The van der Waals surface area contributed by atoms with E-state index in [0.29, 0.717) is 17.0 Å². The second kappa shape index (κ2) is 5.04. The number of halogens is 2. The molecule has 94 valence electrons. The maximum Gasteiger partial charge on any atom is 0.159 e. The summed E-state index contributed by atoms with van der Waals surface area (Å²) in [6.45, 7) is 2.07. The van der Waals surface area contributed by atoms with Crippen LogP contribution in [0.2, 0.25) is 0 Å². The van der Waals surface area contributed by atoms with Gasteiger partial charge in [-0.15, -0.1) is 0 Å². The van der Waals surface area contributed by atoms with Crippen LogP contribution < -0.4 is 10.5 Å². The van der Waals surface area contributed by atoms with E-state index in [2.05, 4.69) is 0 Å². The molecule has 18 heavy (non-hydrogen) atoms. The van der Waals surface area contributed by atoms with E-state index in [-0.39, 0.29) is 6.61 Å². The van der Waals surface area contributed by atoms with E-state index in [1.54, 1.807) is 12.1 Å². The van der Waals surface area contributed by atoms with Crippen molar-refractivity contribution in [1.82, 2.24) is 0 Å². The number of rotatable bonds is 3. The quantitative estimate of drug-likeness (QED) is 0.846. The van der Waals surface area contributed by atoms with E-state index in [1.807, 2.05) is 13.0 Å². The average Bonchev–Trinajstić information content (AvgIpc) is 2.32. The molecule has 0 spiro atoms. The van der Waals surface area contributed by atoms with Gasteiger partial charge in [-0.2, -0.15) is 0 Å². The standard InChI is InChI=1S/C14H13F2NO/c1-9-2-5-14(13(17)6-9)18-8-10-3-4-11(15)12(16)7-10/h2-7H,8,17H2,1H3. The van der Waals surface area contributed by atoms with Crippen molar-refractivity contribution in [3.05, 3.63) is 59.2 Å². The molecule has 0 heterocycles. The molecule has 0 radical (unpaired) electrons. The molecule has 0 aromatic heterocycles. The molecule has 2 aromatic rings. The first-order valence-corrected chi connectivity index (χ1v) is 5.49. The zero-order valence-electron chi connectivity index (χ0n) is 9.91. The molecule has 0 atom stereocenters. The van der Waals surface area contributed by atoms with Crippen molar-refractivity contribution in [1.29, 1.82) is 0 Å². The zero-order valence-corrected chi connectivity index (χ0v) is 9.91. The molecule has 0 aliphatic carbocycles. The van der Waals surface area contributed by atoms with Crippen LogP contribution in [0.5, 0.6) is 5.75 Å². The lowest BCUT2D eigenvalue weighted by Crippen LogP contribution is -2.00. The van der Waals surface area contributed by atoms with E-state index in [1.165, 1.54) is 6.07 Å². The van der Waals surface area contributed by atoms with E-state index in [0.717, 1.165) is 17.7 Å². The first kappa shape index (κ1) is 12.4. The minimum absolute atomic E-state index is 0.143. The lowest BCUT2D eigenvalue weighted by molar-refractivity contribution is 0.306. The molecule has 2 nitrogen and oxygen atoms in total. The van der Waals surface area contributed by atoms with Crippen molar-refractivity contribution in [3.8, 4) is 5.75 Å². The first-order valence-electron chi connectivity index (χ1n) is 5.49. The summed E-state index contributed by atoms with van der Waals surface area (Å²) >= 11 is 0. The lowest BCUT2D eigenvalue weighted by Gasteiger charge is -2.09. The molecular weight excluding hydrogens is 236 g/mol. The van der Waals surface area contributed by atoms with Gasteiger partial charge in [0.2, 0.25) is 0 Å². The molecule has 0 fully saturated rings. The van der Waals surface area contributed by atoms with Crippen LogP contribution in [0.15, 0.2) is 36.4 Å². The molecule has 2 N–H and O–H groups in total. The molecule has 0 saturated heterocycles. The van der Waals surface area contributed by atoms with E-state index in [9.17, 15) is 8.78 Å². The Hall–Kier alpha value is -2.10. The number of ether oxygens (including phenoxy) is 1. The molecule has 0 saturated carbocycles. The Labute approximate surface area is 104 Å². The van der Waals surface area contributed by atoms with Crippen LogP contribution in [0.25, 0.3) is 0 Å². The number of hydrogen-bond acceptors (Lipinski definition) is 2. The van der Waals surface area contributed by atoms with Gasteiger partial charge in [0.1, 0.15) is 12.4 Å². The molecule has 0 aliphatic heterocycles. The predicted molar refractivity (Wildman–Crippen MR) is 66.3 cm³/mol. The van der Waals surface area contributed by atoms with Gasteiger partial charge in [0, 0.05) is 0 Å². The normalized spacial score (nSPS) is 10.4. The summed E-state index contributed by atoms with van der Waals surface area (Å²) in [6.07, 6.45) is 0. The van der Waals surface area contributed by atoms with Gasteiger partial charge in [0.15, 0.2) is 11.6 Å². The Kier molecular flexibility index (Phi) is 3.46. The fraction of sp³-hybridized carbons (Fsp3) is 0.143. The predicted octanol–water partition coefficient (Wildman–Crippen LogP) is 3.43. The van der Waals surface area contributed by atoms with Crippen molar-refractivity contribution >= 4 is 5.69 Å². The first-order chi connectivity index (χ1) is 8.56. The van der Waals surface area contributed by atoms with Crippen molar-refractivity contribution < 1.29 is 13.5 Å². The SMILES string of the molecule is Cc1ccc(OCc2ccc(F)c(F)c2)c(N)c1. The molecule has 0 unspecified atom stereocenters. The van der Waals surface area contributed by atoms with Crippen molar-refractivity contribution in [2.24, 2.45) is 0 Å². The smallest absolute Gasteiger partial charge is 0.159 e. The minimum atomic E-state index is -0.882. The largest absolute Gasteiger partial charge is 0.487 e. The molecule has 0 bridgehead atoms. The Morgan fingerprint density at radius 1 is 1.06 bits per heavy atom. The number of benzene rings is 2. The summed E-state index contributed by atoms with van der Waals surface area (Å²) in [5.74, 6) is -1.22. The maximum atomic E-state index is 13.0. The number of aryl methyl sites for hydroxylation is 1. The van der Waals surface area contributed by atoms with Crippen LogP contribution in [-0.4, -0.2) is 0 Å². The van der Waals surface area contributed by atoms with Crippen LogP contribution in [0.1, 0.15) is 11.1 Å². The fourth-order valence-electron chi connectivity index (χ4n) is 1.59. The Bertz CT molecular complexity index is 570. The third-order valence-corrected chi connectivity index (χ3v) is 2.54. The van der Waals surface area contributed by atoms with E-state index < -0.39 is 11.6 Å². The number of hydrogen-bond donors (Lipinski definition) is 1. The lowest BCUT2D eigenvalue weighted by atomic mass is 10.2. The van der Waals surface area contributed by atoms with Crippen molar-refractivity contribution in [2.45, 2.75) is 13.5 Å². The molecule has 2 rings (SSSR count). The van der Waals surface area contributed by atoms with Crippen LogP contribution in [0.3, 0.4) is 0 Å². The summed E-state index contributed by atoms with van der Waals surface area (Å²) in [4.78, 5) is 0. The van der Waals surface area contributed by atoms with Gasteiger partial charge >= 0.3 is 0 Å². The highest BCUT2D eigenvalue weighted by atomic mass is 19.2. The minimum Gasteiger partial charge on any atom is -0.487 e. The zero-order chi connectivity index (χ0) is 13.1. The summed E-state index contributed by atoms with van der Waals surface area (Å²) in [5, 5.41) is 0. The third-order valence-electron chi connectivity index (χ3n) is 2.54. The molecule has 0 aliphatic rings. The van der Waals surface area contributed by atoms with Gasteiger partial charge in [-0.3, -0.25) is 0 Å². The Morgan fingerprint density at radius 2 is 1.83 bits per heavy atom. The number of nitrogens with two attached hydrogens (primary N) is 1. The van der Waals surface area contributed by atoms with Gasteiger partial charge in [0.05, 0.1) is 5.69 Å². The summed E-state index contributed by atoms with van der Waals surface area (Å²) < 4.78 is 31.2. The number of nitrogen functional groups attached to an aromatic ring is 1. The highest BCUT2D eigenvalue weighted by molar-refractivity contribution is 5.54. The van der Waals surface area contributed by atoms with Gasteiger partial charge in [-0.1, -0.05) is 12.1 Å². The molecular formula is C14H13F2NO. The summed E-state index contributed by atoms with van der Waals surface area (Å²) in [6, 6.07) is 9.08. The Morgan fingerprint density at radius 3 is 2.50 bits per heavy atom. The molecule has 0 amide bonds. The fourth-order valence-corrected chi connectivity index (χ4v) is 1.59. The second-order valence-electron chi connectivity index (χ2n) is 4.08. The number of anilines is 1.